The van der Waals surface area contributed by atoms with Gasteiger partial charge in [0.1, 0.15) is 0 Å². The lowest BCUT2D eigenvalue weighted by Crippen LogP contribution is -2.24. The van der Waals surface area contributed by atoms with Gasteiger partial charge in [-0.3, -0.25) is 0 Å². The molecule has 0 saturated heterocycles. The van der Waals surface area contributed by atoms with Gasteiger partial charge in [-0.05, 0) is 49.4 Å². The lowest BCUT2D eigenvalue weighted by molar-refractivity contribution is 0.129. The topological polar surface area (TPSA) is 20.2 Å². The Bertz CT molecular complexity index is 205. The molecule has 0 spiro atoms. The molecule has 2 rings (SSSR count). The first-order valence-corrected chi connectivity index (χ1v) is 6.20. The molecule has 1 N–H and O–H groups in total. The fraction of sp³-hybridized carbons (Fsp3) is 1.00. The second-order valence-electron chi connectivity index (χ2n) is 6.40. The third-order valence-corrected chi connectivity index (χ3v) is 4.47. The summed E-state index contributed by atoms with van der Waals surface area (Å²) in [5, 5.41) is 9.62. The standard InChI is InChI=1S/C13H24O/c1-12(6-3-4-7-12)10-13(2)8-5-11(14)9-13/h11,14H,3-10H2,1-2H3. The van der Waals surface area contributed by atoms with E-state index < -0.39 is 0 Å². The van der Waals surface area contributed by atoms with E-state index in [2.05, 4.69) is 13.8 Å². The quantitative estimate of drug-likeness (QED) is 0.716. The van der Waals surface area contributed by atoms with Crippen molar-refractivity contribution >= 4 is 0 Å². The number of aliphatic hydroxyl groups excluding tert-OH is 1. The Kier molecular flexibility index (Phi) is 2.63. The second-order valence-corrected chi connectivity index (χ2v) is 6.40. The zero-order valence-electron chi connectivity index (χ0n) is 9.68. The van der Waals surface area contributed by atoms with Gasteiger partial charge in [0.25, 0.3) is 0 Å². The summed E-state index contributed by atoms with van der Waals surface area (Å²) in [6.07, 6.45) is 10.3. The maximum absolute atomic E-state index is 9.62. The van der Waals surface area contributed by atoms with Crippen LogP contribution < -0.4 is 0 Å². The van der Waals surface area contributed by atoms with Crippen LogP contribution in [0.25, 0.3) is 0 Å². The number of aliphatic hydroxyl groups is 1. The van der Waals surface area contributed by atoms with Crippen molar-refractivity contribution in [2.24, 2.45) is 10.8 Å². The van der Waals surface area contributed by atoms with E-state index in [-0.39, 0.29) is 6.10 Å². The second kappa shape index (κ2) is 3.52. The van der Waals surface area contributed by atoms with E-state index in [1.165, 1.54) is 38.5 Å². The van der Waals surface area contributed by atoms with Crippen molar-refractivity contribution in [3.05, 3.63) is 0 Å². The van der Waals surface area contributed by atoms with E-state index in [1.54, 1.807) is 0 Å². The van der Waals surface area contributed by atoms with Gasteiger partial charge in [-0.1, -0.05) is 26.7 Å². The highest BCUT2D eigenvalue weighted by Gasteiger charge is 2.41. The summed E-state index contributed by atoms with van der Waals surface area (Å²) in [6.45, 7) is 4.84. The molecule has 14 heavy (non-hydrogen) atoms. The fourth-order valence-corrected chi connectivity index (χ4v) is 3.88. The predicted molar refractivity (Wildman–Crippen MR) is 59.2 cm³/mol. The molecule has 1 nitrogen and oxygen atoms in total. The van der Waals surface area contributed by atoms with Crippen molar-refractivity contribution in [1.82, 2.24) is 0 Å². The number of rotatable bonds is 2. The molecule has 2 fully saturated rings. The van der Waals surface area contributed by atoms with Gasteiger partial charge < -0.3 is 5.11 Å². The van der Waals surface area contributed by atoms with E-state index in [1.807, 2.05) is 0 Å². The Labute approximate surface area is 87.9 Å². The van der Waals surface area contributed by atoms with Gasteiger partial charge in [0.15, 0.2) is 0 Å². The van der Waals surface area contributed by atoms with Gasteiger partial charge in [-0.15, -0.1) is 0 Å². The van der Waals surface area contributed by atoms with Gasteiger partial charge in [0, 0.05) is 0 Å². The zero-order chi connectivity index (χ0) is 10.2. The lowest BCUT2D eigenvalue weighted by Gasteiger charge is -2.34. The van der Waals surface area contributed by atoms with E-state index in [4.69, 9.17) is 0 Å². The molecule has 2 atom stereocenters. The number of hydrogen-bond donors (Lipinski definition) is 1. The molecule has 2 aliphatic carbocycles. The highest BCUT2D eigenvalue weighted by molar-refractivity contribution is 4.92. The first-order chi connectivity index (χ1) is 6.52. The van der Waals surface area contributed by atoms with E-state index in [0.29, 0.717) is 10.8 Å². The highest BCUT2D eigenvalue weighted by atomic mass is 16.3. The molecule has 0 amide bonds. The minimum Gasteiger partial charge on any atom is -0.393 e. The molecule has 0 aromatic rings. The summed E-state index contributed by atoms with van der Waals surface area (Å²) in [4.78, 5) is 0. The molecule has 2 aliphatic rings. The van der Waals surface area contributed by atoms with Crippen molar-refractivity contribution < 1.29 is 5.11 Å². The molecule has 1 heteroatoms. The molecule has 0 aromatic heterocycles. The van der Waals surface area contributed by atoms with Gasteiger partial charge in [0.2, 0.25) is 0 Å². The summed E-state index contributed by atoms with van der Waals surface area (Å²) >= 11 is 0. The van der Waals surface area contributed by atoms with Crippen LogP contribution >= 0.6 is 0 Å². The van der Waals surface area contributed by atoms with Crippen LogP contribution in [0.3, 0.4) is 0 Å². The van der Waals surface area contributed by atoms with Crippen LogP contribution in [-0.2, 0) is 0 Å². The van der Waals surface area contributed by atoms with Crippen LogP contribution in [0.1, 0.15) is 65.2 Å². The fourth-order valence-electron chi connectivity index (χ4n) is 3.88. The molecule has 0 bridgehead atoms. The van der Waals surface area contributed by atoms with Crippen LogP contribution in [0.2, 0.25) is 0 Å². The predicted octanol–water partition coefficient (Wildman–Crippen LogP) is 3.51. The number of hydrogen-bond acceptors (Lipinski definition) is 1. The first kappa shape index (κ1) is 10.5. The van der Waals surface area contributed by atoms with Crippen LogP contribution in [0.5, 0.6) is 0 Å². The molecular formula is C13H24O. The molecular weight excluding hydrogens is 172 g/mol. The van der Waals surface area contributed by atoms with Crippen LogP contribution in [0.15, 0.2) is 0 Å². The van der Waals surface area contributed by atoms with Crippen LogP contribution in [0, 0.1) is 10.8 Å². The molecule has 0 radical (unpaired) electrons. The van der Waals surface area contributed by atoms with Crippen molar-refractivity contribution in [2.75, 3.05) is 0 Å². The van der Waals surface area contributed by atoms with Crippen molar-refractivity contribution in [3.8, 4) is 0 Å². The first-order valence-electron chi connectivity index (χ1n) is 6.20. The van der Waals surface area contributed by atoms with Gasteiger partial charge in [0.05, 0.1) is 6.10 Å². The molecule has 2 saturated carbocycles. The van der Waals surface area contributed by atoms with E-state index in [9.17, 15) is 5.11 Å². The third kappa shape index (κ3) is 2.13. The summed E-state index contributed by atoms with van der Waals surface area (Å²) in [7, 11) is 0. The normalized spacial score (nSPS) is 41.8. The van der Waals surface area contributed by atoms with Crippen LogP contribution in [-0.4, -0.2) is 11.2 Å². The summed E-state index contributed by atoms with van der Waals surface area (Å²) in [5.41, 5.74) is 1.04. The van der Waals surface area contributed by atoms with Crippen molar-refractivity contribution in [1.29, 1.82) is 0 Å². The van der Waals surface area contributed by atoms with Gasteiger partial charge in [-0.2, -0.15) is 0 Å². The SMILES string of the molecule is CC1(CC2(C)CCC(O)C2)CCCC1. The van der Waals surface area contributed by atoms with Gasteiger partial charge >= 0.3 is 0 Å². The molecule has 0 aliphatic heterocycles. The Balaban J connectivity index is 1.96. The molecule has 2 unspecified atom stereocenters. The lowest BCUT2D eigenvalue weighted by atomic mass is 9.71. The zero-order valence-corrected chi connectivity index (χ0v) is 9.68. The van der Waals surface area contributed by atoms with Crippen molar-refractivity contribution in [3.63, 3.8) is 0 Å². The maximum atomic E-state index is 9.62. The largest absolute Gasteiger partial charge is 0.393 e. The maximum Gasteiger partial charge on any atom is 0.0545 e. The average Bonchev–Trinajstić information content (AvgIpc) is 2.59. The Morgan fingerprint density at radius 1 is 1.07 bits per heavy atom. The monoisotopic (exact) mass is 196 g/mol. The minimum absolute atomic E-state index is 0.00926. The Morgan fingerprint density at radius 3 is 2.21 bits per heavy atom. The Hall–Kier alpha value is -0.0400. The highest BCUT2D eigenvalue weighted by Crippen LogP contribution is 2.51. The Morgan fingerprint density at radius 2 is 1.71 bits per heavy atom. The van der Waals surface area contributed by atoms with Gasteiger partial charge in [-0.25, -0.2) is 0 Å². The molecule has 0 aromatic carbocycles. The summed E-state index contributed by atoms with van der Waals surface area (Å²) in [5.74, 6) is 0. The van der Waals surface area contributed by atoms with Crippen molar-refractivity contribution in [2.45, 2.75) is 71.3 Å². The summed E-state index contributed by atoms with van der Waals surface area (Å²) in [6, 6.07) is 0. The average molecular weight is 196 g/mol. The van der Waals surface area contributed by atoms with Crippen LogP contribution in [0.4, 0.5) is 0 Å². The smallest absolute Gasteiger partial charge is 0.0545 e. The third-order valence-electron chi connectivity index (χ3n) is 4.47. The summed E-state index contributed by atoms with van der Waals surface area (Å²) < 4.78 is 0. The molecule has 82 valence electrons. The molecule has 0 heterocycles. The van der Waals surface area contributed by atoms with E-state index >= 15 is 0 Å². The minimum atomic E-state index is -0.00926. The van der Waals surface area contributed by atoms with E-state index in [0.717, 1.165) is 12.8 Å².